The van der Waals surface area contributed by atoms with Crippen molar-refractivity contribution in [2.45, 2.75) is 51.9 Å². The molecular weight excluding hydrogens is 364 g/mol. The minimum Gasteiger partial charge on any atom is -0.461 e. The molecule has 1 aliphatic carbocycles. The fraction of sp³-hybridized carbons (Fsp3) is 0.571. The van der Waals surface area contributed by atoms with E-state index in [1.54, 1.807) is 26.0 Å². The lowest BCUT2D eigenvalue weighted by Crippen LogP contribution is -2.28. The number of carbonyl (C=O) groups excluding carboxylic acids is 3. The van der Waals surface area contributed by atoms with Crippen LogP contribution < -0.4 is 0 Å². The summed E-state index contributed by atoms with van der Waals surface area (Å²) >= 11 is 0. The van der Waals surface area contributed by atoms with Crippen LogP contribution in [0, 0.1) is 11.8 Å². The smallest absolute Gasteiger partial charge is 0.337 e. The van der Waals surface area contributed by atoms with E-state index in [0.29, 0.717) is 25.0 Å². The maximum absolute atomic E-state index is 12.4. The number of esters is 3. The molecule has 152 valence electrons. The summed E-state index contributed by atoms with van der Waals surface area (Å²) < 4.78 is 22.1. The van der Waals surface area contributed by atoms with Crippen LogP contribution in [0.3, 0.4) is 0 Å². The number of hydrogen-bond donors (Lipinski definition) is 0. The van der Waals surface area contributed by atoms with Crippen LogP contribution in [-0.2, 0) is 33.3 Å². The normalized spacial score (nSPS) is 31.5. The molecule has 3 aliphatic rings. The van der Waals surface area contributed by atoms with Crippen LogP contribution in [0.5, 0.6) is 0 Å². The third-order valence-electron chi connectivity index (χ3n) is 5.15. The molecule has 2 bridgehead atoms. The molecule has 7 heteroatoms. The number of ether oxygens (including phenoxy) is 4. The van der Waals surface area contributed by atoms with E-state index in [2.05, 4.69) is 6.58 Å². The maximum atomic E-state index is 12.4. The molecule has 0 aromatic rings. The van der Waals surface area contributed by atoms with Crippen LogP contribution in [-0.4, -0.2) is 49.4 Å². The average Bonchev–Trinajstić information content (AvgIpc) is 3.14. The van der Waals surface area contributed by atoms with Crippen molar-refractivity contribution in [3.63, 3.8) is 0 Å². The second kappa shape index (κ2) is 8.31. The SMILES string of the molecule is C=C1C(=O)OC2/C=C(/COC(=O)C(C)C)CCC(OCC)C3=CC(OC3=O)C12. The summed E-state index contributed by atoms with van der Waals surface area (Å²) in [6.45, 7) is 9.76. The summed E-state index contributed by atoms with van der Waals surface area (Å²) in [5.74, 6) is -2.00. The van der Waals surface area contributed by atoms with Crippen molar-refractivity contribution in [1.82, 2.24) is 0 Å². The van der Waals surface area contributed by atoms with Gasteiger partial charge in [-0.05, 0) is 37.5 Å². The molecule has 0 amide bonds. The first-order valence-corrected chi connectivity index (χ1v) is 9.62. The molecule has 1 fully saturated rings. The van der Waals surface area contributed by atoms with Crippen LogP contribution in [0.15, 0.2) is 35.5 Å². The molecule has 2 aliphatic heterocycles. The van der Waals surface area contributed by atoms with Gasteiger partial charge in [-0.1, -0.05) is 20.4 Å². The summed E-state index contributed by atoms with van der Waals surface area (Å²) in [6.07, 6.45) is 2.90. The summed E-state index contributed by atoms with van der Waals surface area (Å²) in [4.78, 5) is 36.4. The zero-order valence-corrected chi connectivity index (χ0v) is 16.4. The van der Waals surface area contributed by atoms with Crippen molar-refractivity contribution in [1.29, 1.82) is 0 Å². The lowest BCUT2D eigenvalue weighted by atomic mass is 9.87. The van der Waals surface area contributed by atoms with Crippen LogP contribution in [0.2, 0.25) is 0 Å². The van der Waals surface area contributed by atoms with Gasteiger partial charge in [0.15, 0.2) is 0 Å². The van der Waals surface area contributed by atoms with Gasteiger partial charge in [-0.3, -0.25) is 4.79 Å². The van der Waals surface area contributed by atoms with Gasteiger partial charge in [0.25, 0.3) is 0 Å². The quantitative estimate of drug-likeness (QED) is 0.308. The highest BCUT2D eigenvalue weighted by atomic mass is 16.6. The van der Waals surface area contributed by atoms with Gasteiger partial charge >= 0.3 is 17.9 Å². The Morgan fingerprint density at radius 3 is 2.57 bits per heavy atom. The Hall–Kier alpha value is -2.41. The first kappa shape index (κ1) is 20.3. The molecule has 3 rings (SSSR count). The number of hydrogen-bond acceptors (Lipinski definition) is 7. The van der Waals surface area contributed by atoms with Crippen molar-refractivity contribution >= 4 is 17.9 Å². The van der Waals surface area contributed by atoms with E-state index >= 15 is 0 Å². The summed E-state index contributed by atoms with van der Waals surface area (Å²) in [5.41, 5.74) is 1.53. The minimum atomic E-state index is -0.636. The topological polar surface area (TPSA) is 88.1 Å². The van der Waals surface area contributed by atoms with Gasteiger partial charge in [-0.2, -0.15) is 0 Å². The predicted molar refractivity (Wildman–Crippen MR) is 99.0 cm³/mol. The molecule has 0 radical (unpaired) electrons. The van der Waals surface area contributed by atoms with Crippen molar-refractivity contribution in [3.8, 4) is 0 Å². The van der Waals surface area contributed by atoms with E-state index in [-0.39, 0.29) is 24.1 Å². The predicted octanol–water partition coefficient (Wildman–Crippen LogP) is 2.26. The molecule has 4 atom stereocenters. The van der Waals surface area contributed by atoms with Crippen molar-refractivity contribution < 1.29 is 33.3 Å². The largest absolute Gasteiger partial charge is 0.461 e. The van der Waals surface area contributed by atoms with Crippen LogP contribution in [0.4, 0.5) is 0 Å². The lowest BCUT2D eigenvalue weighted by Gasteiger charge is -2.22. The van der Waals surface area contributed by atoms with E-state index in [4.69, 9.17) is 18.9 Å². The highest BCUT2D eigenvalue weighted by Gasteiger charge is 2.47. The molecule has 0 aromatic carbocycles. The Kier molecular flexibility index (Phi) is 6.03. The average molecular weight is 390 g/mol. The summed E-state index contributed by atoms with van der Waals surface area (Å²) in [5, 5.41) is 0. The van der Waals surface area contributed by atoms with Crippen LogP contribution in [0.25, 0.3) is 0 Å². The molecule has 0 saturated carbocycles. The van der Waals surface area contributed by atoms with Gasteiger partial charge in [0.2, 0.25) is 0 Å². The molecule has 0 N–H and O–H groups in total. The molecule has 7 nitrogen and oxygen atoms in total. The number of fused-ring (bicyclic) bond motifs is 3. The van der Waals surface area contributed by atoms with Gasteiger partial charge in [-0.25, -0.2) is 9.59 Å². The molecular formula is C21H26O7. The maximum Gasteiger partial charge on any atom is 0.337 e. The van der Waals surface area contributed by atoms with E-state index in [9.17, 15) is 14.4 Å². The van der Waals surface area contributed by atoms with Crippen molar-refractivity contribution in [2.75, 3.05) is 13.2 Å². The standard InChI is InChI=1S/C21H26O7/c1-5-25-15-7-6-13(10-26-19(22)11(2)3)8-16-18(12(4)20(23)27-16)17-9-14(15)21(24)28-17/h8-9,11,15-18H,4-7,10H2,1-3H3/b13-8+. The van der Waals surface area contributed by atoms with Crippen molar-refractivity contribution in [3.05, 3.63) is 35.5 Å². The minimum absolute atomic E-state index is 0.0988. The van der Waals surface area contributed by atoms with Gasteiger partial charge in [0.1, 0.15) is 18.8 Å². The Morgan fingerprint density at radius 1 is 1.21 bits per heavy atom. The summed E-state index contributed by atoms with van der Waals surface area (Å²) in [7, 11) is 0. The first-order chi connectivity index (χ1) is 13.3. The molecule has 2 heterocycles. The molecule has 0 aromatic heterocycles. The highest BCUT2D eigenvalue weighted by molar-refractivity contribution is 5.94. The zero-order valence-electron chi connectivity index (χ0n) is 16.4. The number of rotatable bonds is 5. The Balaban J connectivity index is 1.91. The first-order valence-electron chi connectivity index (χ1n) is 9.62. The van der Waals surface area contributed by atoms with E-state index in [0.717, 1.165) is 5.57 Å². The van der Waals surface area contributed by atoms with Crippen molar-refractivity contribution in [2.24, 2.45) is 11.8 Å². The fourth-order valence-electron chi connectivity index (χ4n) is 3.63. The van der Waals surface area contributed by atoms with Gasteiger partial charge in [0.05, 0.1) is 23.5 Å². The Morgan fingerprint density at radius 2 is 1.89 bits per heavy atom. The second-order valence-electron chi connectivity index (χ2n) is 7.48. The van der Waals surface area contributed by atoms with Crippen LogP contribution in [0.1, 0.15) is 33.6 Å². The second-order valence-corrected chi connectivity index (χ2v) is 7.48. The Labute approximate surface area is 164 Å². The van der Waals surface area contributed by atoms with Gasteiger partial charge < -0.3 is 18.9 Å². The third-order valence-corrected chi connectivity index (χ3v) is 5.15. The molecule has 4 unspecified atom stereocenters. The zero-order chi connectivity index (χ0) is 20.4. The molecule has 0 spiro atoms. The van der Waals surface area contributed by atoms with Gasteiger partial charge in [-0.15, -0.1) is 0 Å². The highest BCUT2D eigenvalue weighted by Crippen LogP contribution is 2.38. The van der Waals surface area contributed by atoms with Gasteiger partial charge in [0, 0.05) is 12.2 Å². The lowest BCUT2D eigenvalue weighted by molar-refractivity contribution is -0.146. The third kappa shape index (κ3) is 4.04. The fourth-order valence-corrected chi connectivity index (χ4v) is 3.63. The van der Waals surface area contributed by atoms with E-state index in [1.807, 2.05) is 6.92 Å². The Bertz CT molecular complexity index is 746. The number of carbonyl (C=O) groups is 3. The molecule has 28 heavy (non-hydrogen) atoms. The van der Waals surface area contributed by atoms with E-state index in [1.165, 1.54) is 0 Å². The van der Waals surface area contributed by atoms with Crippen LogP contribution >= 0.6 is 0 Å². The monoisotopic (exact) mass is 390 g/mol. The van der Waals surface area contributed by atoms with E-state index < -0.39 is 36.2 Å². The summed E-state index contributed by atoms with van der Waals surface area (Å²) in [6, 6.07) is 0. The molecule has 1 saturated heterocycles.